The van der Waals surface area contributed by atoms with E-state index in [1.807, 2.05) is 0 Å². The number of nitrogens with two attached hydrogens (primary N) is 1. The Hall–Kier alpha value is -1.60. The molecule has 0 aliphatic heterocycles. The van der Waals surface area contributed by atoms with Gasteiger partial charge >= 0.3 is 6.18 Å². The Morgan fingerprint density at radius 1 is 1.35 bits per heavy atom. The molecule has 0 saturated heterocycles. The monoisotopic (exact) mass is 319 g/mol. The van der Waals surface area contributed by atoms with Crippen LogP contribution in [0, 0.1) is 0 Å². The Bertz CT molecular complexity index is 652. The number of benzene rings is 1. The van der Waals surface area contributed by atoms with Gasteiger partial charge in [-0.05, 0) is 17.7 Å². The van der Waals surface area contributed by atoms with Crippen LogP contribution in [0.3, 0.4) is 0 Å². The van der Waals surface area contributed by atoms with Crippen molar-refractivity contribution in [1.29, 1.82) is 0 Å². The van der Waals surface area contributed by atoms with Gasteiger partial charge in [0.05, 0.1) is 6.54 Å². The topological polar surface area (TPSA) is 43.8 Å². The lowest BCUT2D eigenvalue weighted by atomic mass is 10.1. The van der Waals surface area contributed by atoms with Crippen LogP contribution < -0.4 is 5.73 Å². The second kappa shape index (κ2) is 5.41. The van der Waals surface area contributed by atoms with Gasteiger partial charge in [0.1, 0.15) is 4.99 Å². The number of rotatable bonds is 3. The molecule has 2 rings (SSSR count). The fourth-order valence-electron chi connectivity index (χ4n) is 1.60. The van der Waals surface area contributed by atoms with Crippen LogP contribution in [0.15, 0.2) is 30.5 Å². The van der Waals surface area contributed by atoms with Gasteiger partial charge < -0.3 is 5.73 Å². The van der Waals surface area contributed by atoms with Crippen molar-refractivity contribution in [3.8, 4) is 0 Å². The van der Waals surface area contributed by atoms with E-state index in [0.29, 0.717) is 16.1 Å². The largest absolute Gasteiger partial charge is 0.435 e. The molecule has 2 N–H and O–H groups in total. The number of hydrogen-bond donors (Lipinski definition) is 1. The standard InChI is InChI=1S/C12H9ClF3N3S/c13-9-5-7(11(17)20)1-2-8(9)6-19-4-3-10(18-19)12(14,15)16/h1-5H,6H2,(H2,17,20). The Kier molecular flexibility index (Phi) is 4.01. The summed E-state index contributed by atoms with van der Waals surface area (Å²) in [5.41, 5.74) is 5.76. The van der Waals surface area contributed by atoms with Gasteiger partial charge in [-0.2, -0.15) is 18.3 Å². The Balaban J connectivity index is 2.22. The molecule has 0 aliphatic carbocycles. The second-order valence-corrected chi connectivity index (χ2v) is 4.91. The zero-order valence-corrected chi connectivity index (χ0v) is 11.6. The lowest BCUT2D eigenvalue weighted by molar-refractivity contribution is -0.141. The summed E-state index contributed by atoms with van der Waals surface area (Å²) in [4.78, 5) is 0.205. The molecule has 0 amide bonds. The van der Waals surface area contributed by atoms with Crippen LogP contribution in [0.1, 0.15) is 16.8 Å². The van der Waals surface area contributed by atoms with Crippen LogP contribution in [-0.4, -0.2) is 14.8 Å². The molecule has 0 atom stereocenters. The molecule has 1 aromatic heterocycles. The minimum Gasteiger partial charge on any atom is -0.389 e. The van der Waals surface area contributed by atoms with Crippen LogP contribution in [0.25, 0.3) is 0 Å². The van der Waals surface area contributed by atoms with Gasteiger partial charge in [0.25, 0.3) is 0 Å². The van der Waals surface area contributed by atoms with Gasteiger partial charge in [0.2, 0.25) is 0 Å². The van der Waals surface area contributed by atoms with E-state index >= 15 is 0 Å². The number of aromatic nitrogens is 2. The Labute approximate surface area is 123 Å². The molecule has 0 aliphatic rings. The third kappa shape index (κ3) is 3.29. The molecule has 1 heterocycles. The lowest BCUT2D eigenvalue weighted by Crippen LogP contribution is -2.10. The maximum absolute atomic E-state index is 12.4. The summed E-state index contributed by atoms with van der Waals surface area (Å²) in [5.74, 6) is 0. The third-order valence-corrected chi connectivity index (χ3v) is 3.19. The van der Waals surface area contributed by atoms with Crippen molar-refractivity contribution < 1.29 is 13.2 Å². The third-order valence-electron chi connectivity index (χ3n) is 2.60. The number of nitrogens with zero attached hydrogens (tertiary/aromatic N) is 2. The fraction of sp³-hybridized carbons (Fsp3) is 0.167. The van der Waals surface area contributed by atoms with Gasteiger partial charge in [-0.15, -0.1) is 0 Å². The lowest BCUT2D eigenvalue weighted by Gasteiger charge is -2.07. The van der Waals surface area contributed by atoms with Crippen molar-refractivity contribution in [2.45, 2.75) is 12.7 Å². The molecular formula is C12H9ClF3N3S. The molecule has 106 valence electrons. The Morgan fingerprint density at radius 2 is 2.05 bits per heavy atom. The van der Waals surface area contributed by atoms with Crippen molar-refractivity contribution >= 4 is 28.8 Å². The van der Waals surface area contributed by atoms with Gasteiger partial charge in [0.15, 0.2) is 5.69 Å². The number of hydrogen-bond acceptors (Lipinski definition) is 2. The first-order chi connectivity index (χ1) is 9.27. The molecule has 0 spiro atoms. The highest BCUT2D eigenvalue weighted by Gasteiger charge is 2.33. The summed E-state index contributed by atoms with van der Waals surface area (Å²) in [7, 11) is 0. The van der Waals surface area contributed by atoms with Crippen molar-refractivity contribution in [2.24, 2.45) is 5.73 Å². The molecule has 2 aromatic rings. The van der Waals surface area contributed by atoms with Gasteiger partial charge in [0, 0.05) is 16.8 Å². The first-order valence-corrected chi connectivity index (χ1v) is 6.25. The quantitative estimate of drug-likeness (QED) is 0.883. The van der Waals surface area contributed by atoms with Gasteiger partial charge in [-0.1, -0.05) is 36.0 Å². The molecule has 0 fully saturated rings. The average Bonchev–Trinajstić information content (AvgIpc) is 2.80. The number of halogens is 4. The predicted octanol–water partition coefficient (Wildman–Crippen LogP) is 3.24. The minimum absolute atomic E-state index is 0.131. The highest BCUT2D eigenvalue weighted by Crippen LogP contribution is 2.27. The molecule has 3 nitrogen and oxygen atoms in total. The van der Waals surface area contributed by atoms with Crippen molar-refractivity contribution in [3.05, 3.63) is 52.3 Å². The average molecular weight is 320 g/mol. The highest BCUT2D eigenvalue weighted by molar-refractivity contribution is 7.80. The van der Waals surface area contributed by atoms with Crippen LogP contribution >= 0.6 is 23.8 Å². The first-order valence-electron chi connectivity index (χ1n) is 5.46. The fourth-order valence-corrected chi connectivity index (χ4v) is 1.97. The molecule has 1 aromatic carbocycles. The van der Waals surface area contributed by atoms with E-state index in [-0.39, 0.29) is 11.5 Å². The predicted molar refractivity (Wildman–Crippen MR) is 73.7 cm³/mol. The molecule has 0 unspecified atom stereocenters. The van der Waals surface area contributed by atoms with Crippen LogP contribution in [-0.2, 0) is 12.7 Å². The molecule has 8 heteroatoms. The zero-order chi connectivity index (χ0) is 14.9. The van der Waals surface area contributed by atoms with Crippen LogP contribution in [0.4, 0.5) is 13.2 Å². The highest BCUT2D eigenvalue weighted by atomic mass is 35.5. The van der Waals surface area contributed by atoms with E-state index in [1.165, 1.54) is 10.9 Å². The van der Waals surface area contributed by atoms with E-state index in [9.17, 15) is 13.2 Å². The van der Waals surface area contributed by atoms with Gasteiger partial charge in [-0.25, -0.2) is 0 Å². The first kappa shape index (κ1) is 14.8. The SMILES string of the molecule is NC(=S)c1ccc(Cn2ccc(C(F)(F)F)n2)c(Cl)c1. The minimum atomic E-state index is -4.45. The Morgan fingerprint density at radius 3 is 2.55 bits per heavy atom. The maximum atomic E-state index is 12.4. The van der Waals surface area contributed by atoms with Gasteiger partial charge in [-0.3, -0.25) is 4.68 Å². The smallest absolute Gasteiger partial charge is 0.389 e. The van der Waals surface area contributed by atoms with E-state index in [1.54, 1.807) is 18.2 Å². The zero-order valence-electron chi connectivity index (χ0n) is 9.99. The number of thiocarbonyl (C=S) groups is 1. The molecule has 0 radical (unpaired) electrons. The second-order valence-electron chi connectivity index (χ2n) is 4.07. The van der Waals surface area contributed by atoms with E-state index in [4.69, 9.17) is 29.6 Å². The van der Waals surface area contributed by atoms with Crippen molar-refractivity contribution in [2.75, 3.05) is 0 Å². The van der Waals surface area contributed by atoms with Crippen LogP contribution in [0.2, 0.25) is 5.02 Å². The van der Waals surface area contributed by atoms with Crippen molar-refractivity contribution in [1.82, 2.24) is 9.78 Å². The van der Waals surface area contributed by atoms with Crippen LogP contribution in [0.5, 0.6) is 0 Å². The summed E-state index contributed by atoms with van der Waals surface area (Å²) < 4.78 is 38.5. The summed E-state index contributed by atoms with van der Waals surface area (Å²) in [6.45, 7) is 0.131. The van der Waals surface area contributed by atoms with E-state index in [0.717, 1.165) is 6.07 Å². The van der Waals surface area contributed by atoms with E-state index < -0.39 is 11.9 Å². The molecule has 0 saturated carbocycles. The normalized spacial score (nSPS) is 11.6. The molecule has 0 bridgehead atoms. The maximum Gasteiger partial charge on any atom is 0.435 e. The summed E-state index contributed by atoms with van der Waals surface area (Å²) in [5, 5.41) is 3.83. The molecule has 20 heavy (non-hydrogen) atoms. The van der Waals surface area contributed by atoms with Crippen molar-refractivity contribution in [3.63, 3.8) is 0 Å². The number of alkyl halides is 3. The summed E-state index contributed by atoms with van der Waals surface area (Å²) >= 11 is 10.9. The summed E-state index contributed by atoms with van der Waals surface area (Å²) in [6.07, 6.45) is -3.20. The van der Waals surface area contributed by atoms with E-state index in [2.05, 4.69) is 5.10 Å². The molecular weight excluding hydrogens is 311 g/mol. The summed E-state index contributed by atoms with van der Waals surface area (Å²) in [6, 6.07) is 5.81.